The van der Waals surface area contributed by atoms with E-state index in [1.165, 1.54) is 35.2 Å². The average Bonchev–Trinajstić information content (AvgIpc) is 3.23. The Hall–Kier alpha value is -3.56. The Bertz CT molecular complexity index is 1460. The van der Waals surface area contributed by atoms with Gasteiger partial charge in [0.2, 0.25) is 0 Å². The molecule has 1 amide bonds. The number of halogens is 3. The van der Waals surface area contributed by atoms with Gasteiger partial charge >= 0.3 is 0 Å². The lowest BCUT2D eigenvalue weighted by molar-refractivity contribution is -0.0299. The van der Waals surface area contributed by atoms with Gasteiger partial charge < -0.3 is 10.0 Å². The number of fused-ring (bicyclic) bond motifs is 1. The minimum atomic E-state index is -2.59. The summed E-state index contributed by atoms with van der Waals surface area (Å²) in [5.74, 6) is -0.282. The van der Waals surface area contributed by atoms with E-state index in [2.05, 4.69) is 4.98 Å². The first-order chi connectivity index (χ1) is 17.3. The summed E-state index contributed by atoms with van der Waals surface area (Å²) in [6, 6.07) is 16.2. The third kappa shape index (κ3) is 4.52. The Kier molecular flexibility index (Phi) is 6.36. The predicted octanol–water partition coefficient (Wildman–Crippen LogP) is 4.45. The van der Waals surface area contributed by atoms with Crippen molar-refractivity contribution < 1.29 is 18.7 Å². The van der Waals surface area contributed by atoms with E-state index >= 15 is 0 Å². The fourth-order valence-electron chi connectivity index (χ4n) is 4.58. The molecule has 1 saturated heterocycles. The molecule has 2 aromatic carbocycles. The number of benzene rings is 2. The highest BCUT2D eigenvalue weighted by atomic mass is 35.5. The van der Waals surface area contributed by atoms with Crippen LogP contribution < -0.4 is 5.56 Å². The minimum absolute atomic E-state index is 0.0219. The van der Waals surface area contributed by atoms with E-state index in [9.17, 15) is 23.5 Å². The average molecular weight is 513 g/mol. The largest absolute Gasteiger partial charge is 0.388 e. The SMILES string of the molecule is O=C(c1ccc(C(F)F)cc1)N1CCC(O)(Cn2cnc3c(cc(Cl)n3-c3ccccc3)c2=O)CC1. The summed E-state index contributed by atoms with van der Waals surface area (Å²) in [4.78, 5) is 32.0. The van der Waals surface area contributed by atoms with Gasteiger partial charge in [-0.25, -0.2) is 13.8 Å². The fraction of sp³-hybridized carbons (Fsp3) is 0.269. The van der Waals surface area contributed by atoms with E-state index in [4.69, 9.17) is 11.6 Å². The highest BCUT2D eigenvalue weighted by Crippen LogP contribution is 2.27. The zero-order valence-corrected chi connectivity index (χ0v) is 19.9. The van der Waals surface area contributed by atoms with Crippen LogP contribution in [0.2, 0.25) is 5.15 Å². The molecule has 0 aliphatic carbocycles. The maximum absolute atomic E-state index is 13.2. The van der Waals surface area contributed by atoms with Crippen LogP contribution in [0.3, 0.4) is 0 Å². The Labute approximate surface area is 210 Å². The second kappa shape index (κ2) is 9.48. The molecule has 0 saturated carbocycles. The summed E-state index contributed by atoms with van der Waals surface area (Å²) >= 11 is 6.42. The summed E-state index contributed by atoms with van der Waals surface area (Å²) in [6.07, 6.45) is -0.682. The van der Waals surface area contributed by atoms with Crippen LogP contribution in [0, 0.1) is 0 Å². The zero-order valence-electron chi connectivity index (χ0n) is 19.2. The third-order valence-electron chi connectivity index (χ3n) is 6.61. The van der Waals surface area contributed by atoms with Crippen LogP contribution in [0.15, 0.2) is 71.8 Å². The summed E-state index contributed by atoms with van der Waals surface area (Å²) in [6.45, 7) is 0.563. The van der Waals surface area contributed by atoms with Crippen molar-refractivity contribution in [2.75, 3.05) is 13.1 Å². The van der Waals surface area contributed by atoms with Crippen LogP contribution in [0.4, 0.5) is 8.78 Å². The van der Waals surface area contributed by atoms with Crippen molar-refractivity contribution in [3.05, 3.63) is 93.6 Å². The van der Waals surface area contributed by atoms with Gasteiger partial charge in [-0.2, -0.15) is 0 Å². The molecule has 7 nitrogen and oxygen atoms in total. The minimum Gasteiger partial charge on any atom is -0.388 e. The van der Waals surface area contributed by atoms with E-state index in [0.717, 1.165) is 5.69 Å². The van der Waals surface area contributed by atoms with Crippen molar-refractivity contribution in [3.8, 4) is 5.69 Å². The lowest BCUT2D eigenvalue weighted by Gasteiger charge is -2.38. The molecule has 3 heterocycles. The summed E-state index contributed by atoms with van der Waals surface area (Å²) in [5.41, 5.74) is -0.144. The Balaban J connectivity index is 1.31. The lowest BCUT2D eigenvalue weighted by Crippen LogP contribution is -2.49. The van der Waals surface area contributed by atoms with Crippen LogP contribution in [-0.4, -0.2) is 48.7 Å². The highest BCUT2D eigenvalue weighted by Gasteiger charge is 2.35. The molecular formula is C26H23ClF2N4O3. The molecule has 2 aromatic heterocycles. The number of rotatable bonds is 5. The molecule has 1 fully saturated rings. The molecule has 1 aliphatic heterocycles. The Morgan fingerprint density at radius 3 is 2.39 bits per heavy atom. The molecular weight excluding hydrogens is 490 g/mol. The van der Waals surface area contributed by atoms with Crippen LogP contribution in [0.1, 0.15) is 35.2 Å². The number of alkyl halides is 2. The number of hydrogen-bond donors (Lipinski definition) is 1. The van der Waals surface area contributed by atoms with Gasteiger partial charge in [0.15, 0.2) is 5.65 Å². The van der Waals surface area contributed by atoms with Gasteiger partial charge in [-0.05, 0) is 43.2 Å². The number of carbonyl (C=O) groups excluding carboxylic acids is 1. The van der Waals surface area contributed by atoms with Crippen molar-refractivity contribution >= 4 is 28.5 Å². The molecule has 10 heteroatoms. The van der Waals surface area contributed by atoms with Crippen molar-refractivity contribution in [1.82, 2.24) is 19.0 Å². The van der Waals surface area contributed by atoms with E-state index in [1.54, 1.807) is 15.5 Å². The van der Waals surface area contributed by atoms with E-state index in [0.29, 0.717) is 21.7 Å². The number of hydrogen-bond acceptors (Lipinski definition) is 4. The third-order valence-corrected chi connectivity index (χ3v) is 6.89. The van der Waals surface area contributed by atoms with Gasteiger partial charge in [-0.15, -0.1) is 0 Å². The fourth-order valence-corrected chi connectivity index (χ4v) is 4.86. The summed E-state index contributed by atoms with van der Waals surface area (Å²) < 4.78 is 28.6. The number of carbonyl (C=O) groups is 1. The molecule has 0 atom stereocenters. The van der Waals surface area contributed by atoms with Crippen molar-refractivity contribution in [2.45, 2.75) is 31.4 Å². The van der Waals surface area contributed by atoms with E-state index < -0.39 is 12.0 Å². The molecule has 5 rings (SSSR count). The number of aliphatic hydroxyl groups is 1. The van der Waals surface area contributed by atoms with Gasteiger partial charge in [0.25, 0.3) is 17.9 Å². The lowest BCUT2D eigenvalue weighted by atomic mass is 9.91. The first-order valence-electron chi connectivity index (χ1n) is 11.5. The van der Waals surface area contributed by atoms with Gasteiger partial charge in [0.05, 0.1) is 17.5 Å². The number of para-hydroxylation sites is 1. The number of piperidine rings is 1. The monoisotopic (exact) mass is 512 g/mol. The van der Waals surface area contributed by atoms with Crippen LogP contribution in [-0.2, 0) is 6.54 Å². The standard InChI is InChI=1S/C26H23ClF2N4O3/c27-21-14-20-23(33(21)19-4-2-1-3-5-19)30-16-32(25(20)35)15-26(36)10-12-31(13-11-26)24(34)18-8-6-17(7-9-18)22(28)29/h1-9,14,16,22,36H,10-13,15H2. The summed E-state index contributed by atoms with van der Waals surface area (Å²) in [5, 5.41) is 11.9. The maximum atomic E-state index is 13.2. The molecule has 0 spiro atoms. The van der Waals surface area contributed by atoms with Gasteiger partial charge in [-0.3, -0.25) is 18.7 Å². The Morgan fingerprint density at radius 2 is 1.75 bits per heavy atom. The van der Waals surface area contributed by atoms with Crippen LogP contribution in [0.5, 0.6) is 0 Å². The second-order valence-electron chi connectivity index (χ2n) is 8.99. The normalized spacial score (nSPS) is 15.5. The van der Waals surface area contributed by atoms with Gasteiger partial charge in [0, 0.05) is 29.9 Å². The molecule has 1 N–H and O–H groups in total. The molecule has 186 valence electrons. The first-order valence-corrected chi connectivity index (χ1v) is 11.9. The van der Waals surface area contributed by atoms with Crippen LogP contribution in [0.25, 0.3) is 16.7 Å². The number of aromatic nitrogens is 3. The van der Waals surface area contributed by atoms with Crippen molar-refractivity contribution in [1.29, 1.82) is 0 Å². The molecule has 1 aliphatic rings. The van der Waals surface area contributed by atoms with Crippen molar-refractivity contribution in [2.24, 2.45) is 0 Å². The topological polar surface area (TPSA) is 80.4 Å². The predicted molar refractivity (Wildman–Crippen MR) is 132 cm³/mol. The van der Waals surface area contributed by atoms with E-state index in [1.807, 2.05) is 30.3 Å². The Morgan fingerprint density at radius 1 is 1.08 bits per heavy atom. The molecule has 36 heavy (non-hydrogen) atoms. The number of nitrogens with zero attached hydrogens (tertiary/aromatic N) is 4. The quantitative estimate of drug-likeness (QED) is 0.428. The smallest absolute Gasteiger partial charge is 0.263 e. The van der Waals surface area contributed by atoms with Crippen molar-refractivity contribution in [3.63, 3.8) is 0 Å². The number of amides is 1. The molecule has 0 radical (unpaired) electrons. The van der Waals surface area contributed by atoms with Gasteiger partial charge in [0.1, 0.15) is 11.5 Å². The van der Waals surface area contributed by atoms with Crippen LogP contribution >= 0.6 is 11.6 Å². The summed E-state index contributed by atoms with van der Waals surface area (Å²) in [7, 11) is 0. The highest BCUT2D eigenvalue weighted by molar-refractivity contribution is 6.31. The number of likely N-dealkylation sites (tertiary alicyclic amines) is 1. The molecule has 0 bridgehead atoms. The second-order valence-corrected chi connectivity index (χ2v) is 9.38. The van der Waals surface area contributed by atoms with E-state index in [-0.39, 0.29) is 49.5 Å². The van der Waals surface area contributed by atoms with Gasteiger partial charge in [-0.1, -0.05) is 41.9 Å². The first kappa shape index (κ1) is 24.1. The molecule has 4 aromatic rings. The molecule has 0 unspecified atom stereocenters. The maximum Gasteiger partial charge on any atom is 0.263 e. The zero-order chi connectivity index (χ0) is 25.4.